The van der Waals surface area contributed by atoms with Gasteiger partial charge in [0.2, 0.25) is 0 Å². The standard InChI is InChI=1S/C17H22BrN3/c1-2-21-16(19)15(13-9-6-10-14(18)11-13)20-17(21)12-7-4-3-5-8-12/h6,9-12H,2-5,7-8,19H2,1H3. The van der Waals surface area contributed by atoms with Crippen LogP contribution in [0.2, 0.25) is 0 Å². The SMILES string of the molecule is CCn1c(C2CCCCC2)nc(-c2cccc(Br)c2)c1N. The summed E-state index contributed by atoms with van der Waals surface area (Å²) in [6.45, 7) is 3.04. The van der Waals surface area contributed by atoms with Crippen molar-refractivity contribution in [1.82, 2.24) is 9.55 Å². The third kappa shape index (κ3) is 2.86. The van der Waals surface area contributed by atoms with Gasteiger partial charge in [0.15, 0.2) is 0 Å². The summed E-state index contributed by atoms with van der Waals surface area (Å²) in [6, 6.07) is 8.22. The smallest absolute Gasteiger partial charge is 0.131 e. The monoisotopic (exact) mass is 347 g/mol. The van der Waals surface area contributed by atoms with Crippen LogP contribution in [0, 0.1) is 0 Å². The van der Waals surface area contributed by atoms with Crippen molar-refractivity contribution in [2.45, 2.75) is 51.5 Å². The molecule has 0 amide bonds. The first-order valence-electron chi connectivity index (χ1n) is 7.82. The highest BCUT2D eigenvalue weighted by atomic mass is 79.9. The second-order valence-corrected chi connectivity index (χ2v) is 6.71. The van der Waals surface area contributed by atoms with Crippen molar-refractivity contribution >= 4 is 21.7 Å². The predicted molar refractivity (Wildman–Crippen MR) is 91.3 cm³/mol. The van der Waals surface area contributed by atoms with E-state index in [1.54, 1.807) is 0 Å². The summed E-state index contributed by atoms with van der Waals surface area (Å²) in [5.74, 6) is 2.56. The minimum Gasteiger partial charge on any atom is -0.383 e. The third-order valence-corrected chi connectivity index (χ3v) is 4.91. The first-order valence-corrected chi connectivity index (χ1v) is 8.61. The molecule has 0 saturated heterocycles. The fourth-order valence-electron chi connectivity index (χ4n) is 3.34. The highest BCUT2D eigenvalue weighted by Crippen LogP contribution is 2.36. The molecule has 0 atom stereocenters. The average Bonchev–Trinajstić information content (AvgIpc) is 2.85. The zero-order valence-electron chi connectivity index (χ0n) is 12.5. The van der Waals surface area contributed by atoms with Gasteiger partial charge in [-0.05, 0) is 31.9 Å². The van der Waals surface area contributed by atoms with Crippen LogP contribution in [0.3, 0.4) is 0 Å². The fourth-order valence-corrected chi connectivity index (χ4v) is 3.74. The van der Waals surface area contributed by atoms with E-state index in [4.69, 9.17) is 10.7 Å². The number of imidazole rings is 1. The summed E-state index contributed by atoms with van der Waals surface area (Å²) in [6.07, 6.45) is 6.47. The number of rotatable bonds is 3. The lowest BCUT2D eigenvalue weighted by Crippen LogP contribution is -2.12. The molecule has 2 aromatic rings. The van der Waals surface area contributed by atoms with E-state index in [2.05, 4.69) is 39.6 Å². The Hall–Kier alpha value is -1.29. The van der Waals surface area contributed by atoms with Gasteiger partial charge in [-0.25, -0.2) is 4.98 Å². The van der Waals surface area contributed by atoms with Gasteiger partial charge in [-0.15, -0.1) is 0 Å². The van der Waals surface area contributed by atoms with Gasteiger partial charge in [-0.2, -0.15) is 0 Å². The van der Waals surface area contributed by atoms with Crippen LogP contribution in [0.5, 0.6) is 0 Å². The number of halogens is 1. The van der Waals surface area contributed by atoms with Gasteiger partial charge in [-0.1, -0.05) is 47.3 Å². The second kappa shape index (κ2) is 6.22. The number of nitrogens with zero attached hydrogens (tertiary/aromatic N) is 2. The average molecular weight is 348 g/mol. The Kier molecular flexibility index (Phi) is 4.34. The van der Waals surface area contributed by atoms with Crippen molar-refractivity contribution in [3.8, 4) is 11.3 Å². The summed E-state index contributed by atoms with van der Waals surface area (Å²) < 4.78 is 3.26. The second-order valence-electron chi connectivity index (χ2n) is 5.79. The maximum Gasteiger partial charge on any atom is 0.131 e. The van der Waals surface area contributed by atoms with Crippen LogP contribution in [0.15, 0.2) is 28.7 Å². The Morgan fingerprint density at radius 3 is 2.71 bits per heavy atom. The molecule has 0 unspecified atom stereocenters. The van der Waals surface area contributed by atoms with E-state index >= 15 is 0 Å². The summed E-state index contributed by atoms with van der Waals surface area (Å²) in [4.78, 5) is 4.93. The lowest BCUT2D eigenvalue weighted by atomic mass is 9.88. The van der Waals surface area contributed by atoms with Crippen LogP contribution in [-0.2, 0) is 6.54 Å². The molecule has 2 N–H and O–H groups in total. The number of nitrogen functional groups attached to an aromatic ring is 1. The molecule has 112 valence electrons. The normalized spacial score (nSPS) is 16.3. The lowest BCUT2D eigenvalue weighted by molar-refractivity contribution is 0.418. The first kappa shape index (κ1) is 14.6. The minimum atomic E-state index is 0.571. The number of hydrogen-bond donors (Lipinski definition) is 1. The maximum atomic E-state index is 6.39. The summed E-state index contributed by atoms with van der Waals surface area (Å²) in [5, 5.41) is 0. The number of aromatic nitrogens is 2. The Labute approximate surface area is 134 Å². The van der Waals surface area contributed by atoms with Crippen LogP contribution in [0.1, 0.15) is 50.8 Å². The molecule has 1 aliphatic carbocycles. The molecule has 0 spiro atoms. The predicted octanol–water partition coefficient (Wildman–Crippen LogP) is 4.96. The van der Waals surface area contributed by atoms with Gasteiger partial charge in [0.1, 0.15) is 17.3 Å². The third-order valence-electron chi connectivity index (χ3n) is 4.42. The molecule has 1 aromatic heterocycles. The fraction of sp³-hybridized carbons (Fsp3) is 0.471. The summed E-state index contributed by atoms with van der Waals surface area (Å²) in [5.41, 5.74) is 8.41. The van der Waals surface area contributed by atoms with Gasteiger partial charge in [0.25, 0.3) is 0 Å². The summed E-state index contributed by atoms with van der Waals surface area (Å²) in [7, 11) is 0. The molecule has 1 heterocycles. The van der Waals surface area contributed by atoms with Crippen LogP contribution in [-0.4, -0.2) is 9.55 Å². The van der Waals surface area contributed by atoms with E-state index in [1.807, 2.05) is 12.1 Å². The first-order chi connectivity index (χ1) is 10.2. The molecular weight excluding hydrogens is 326 g/mol. The van der Waals surface area contributed by atoms with E-state index in [0.29, 0.717) is 5.92 Å². The molecule has 1 saturated carbocycles. The molecule has 1 aromatic carbocycles. The van der Waals surface area contributed by atoms with Crippen molar-refractivity contribution < 1.29 is 0 Å². The molecule has 0 aliphatic heterocycles. The van der Waals surface area contributed by atoms with E-state index in [9.17, 15) is 0 Å². The van der Waals surface area contributed by atoms with Gasteiger partial charge < -0.3 is 10.3 Å². The Morgan fingerprint density at radius 1 is 1.29 bits per heavy atom. The minimum absolute atomic E-state index is 0.571. The lowest BCUT2D eigenvalue weighted by Gasteiger charge is -2.21. The zero-order valence-corrected chi connectivity index (χ0v) is 14.1. The number of anilines is 1. The van der Waals surface area contributed by atoms with Crippen molar-refractivity contribution in [2.75, 3.05) is 5.73 Å². The molecule has 3 rings (SSSR count). The van der Waals surface area contributed by atoms with Crippen molar-refractivity contribution in [1.29, 1.82) is 0 Å². The molecule has 1 fully saturated rings. The van der Waals surface area contributed by atoms with E-state index in [0.717, 1.165) is 28.1 Å². The van der Waals surface area contributed by atoms with Gasteiger partial charge in [0.05, 0.1) is 0 Å². The number of nitrogens with two attached hydrogens (primary N) is 1. The van der Waals surface area contributed by atoms with Gasteiger partial charge in [-0.3, -0.25) is 0 Å². The van der Waals surface area contributed by atoms with Crippen LogP contribution in [0.25, 0.3) is 11.3 Å². The van der Waals surface area contributed by atoms with Crippen LogP contribution < -0.4 is 5.73 Å². The molecule has 1 aliphatic rings. The zero-order chi connectivity index (χ0) is 14.8. The Balaban J connectivity index is 2.04. The highest BCUT2D eigenvalue weighted by molar-refractivity contribution is 9.10. The molecular formula is C17H22BrN3. The molecule has 4 heteroatoms. The van der Waals surface area contributed by atoms with E-state index in [1.165, 1.54) is 37.9 Å². The van der Waals surface area contributed by atoms with Crippen molar-refractivity contribution in [2.24, 2.45) is 0 Å². The van der Waals surface area contributed by atoms with Crippen molar-refractivity contribution in [3.63, 3.8) is 0 Å². The Morgan fingerprint density at radius 2 is 2.05 bits per heavy atom. The molecule has 21 heavy (non-hydrogen) atoms. The quantitative estimate of drug-likeness (QED) is 0.852. The van der Waals surface area contributed by atoms with E-state index < -0.39 is 0 Å². The van der Waals surface area contributed by atoms with Gasteiger partial charge >= 0.3 is 0 Å². The van der Waals surface area contributed by atoms with E-state index in [-0.39, 0.29) is 0 Å². The summed E-state index contributed by atoms with van der Waals surface area (Å²) >= 11 is 3.53. The highest BCUT2D eigenvalue weighted by Gasteiger charge is 2.24. The molecule has 0 radical (unpaired) electrons. The van der Waals surface area contributed by atoms with Crippen LogP contribution in [0.4, 0.5) is 5.82 Å². The van der Waals surface area contributed by atoms with Crippen molar-refractivity contribution in [3.05, 3.63) is 34.6 Å². The molecule has 3 nitrogen and oxygen atoms in total. The maximum absolute atomic E-state index is 6.39. The van der Waals surface area contributed by atoms with Gasteiger partial charge in [0, 0.05) is 22.5 Å². The number of benzene rings is 1. The topological polar surface area (TPSA) is 43.8 Å². The Bertz CT molecular complexity index is 627. The largest absolute Gasteiger partial charge is 0.383 e. The molecule has 0 bridgehead atoms. The van der Waals surface area contributed by atoms with Crippen LogP contribution >= 0.6 is 15.9 Å². The number of hydrogen-bond acceptors (Lipinski definition) is 2.